The van der Waals surface area contributed by atoms with E-state index in [-0.39, 0.29) is 18.3 Å². The lowest BCUT2D eigenvalue weighted by molar-refractivity contribution is -0.116. The summed E-state index contributed by atoms with van der Waals surface area (Å²) in [7, 11) is 1.60. The first-order valence-electron chi connectivity index (χ1n) is 10.9. The third-order valence-corrected chi connectivity index (χ3v) is 6.68. The molecule has 0 bridgehead atoms. The first-order chi connectivity index (χ1) is 17.1. The van der Waals surface area contributed by atoms with Crippen molar-refractivity contribution in [3.05, 3.63) is 96.1 Å². The number of ether oxygens (including phenoxy) is 2. The van der Waals surface area contributed by atoms with Crippen LogP contribution in [0.3, 0.4) is 0 Å². The molecule has 2 atom stereocenters. The molecule has 10 heteroatoms. The molecule has 4 aromatic rings. The monoisotopic (exact) mass is 491 g/mol. The van der Waals surface area contributed by atoms with E-state index in [9.17, 15) is 9.18 Å². The molecule has 178 valence electrons. The van der Waals surface area contributed by atoms with E-state index in [0.29, 0.717) is 22.4 Å². The molecule has 1 amide bonds. The zero-order valence-electron chi connectivity index (χ0n) is 18.7. The lowest BCUT2D eigenvalue weighted by Gasteiger charge is -2.33. The normalized spacial score (nSPS) is 16.6. The van der Waals surface area contributed by atoms with Gasteiger partial charge in [-0.25, -0.2) is 9.07 Å². The molecule has 0 unspecified atom stereocenters. The first kappa shape index (κ1) is 22.7. The van der Waals surface area contributed by atoms with E-state index >= 15 is 0 Å². The SMILES string of the molecule is COc1ccc([C@H]2Nn3c(COc4ccccc4)nnc3S[C@@H]2C(=O)Nc2ccc(F)cc2)cc1. The second-order valence-electron chi connectivity index (χ2n) is 7.75. The summed E-state index contributed by atoms with van der Waals surface area (Å²) >= 11 is 1.30. The summed E-state index contributed by atoms with van der Waals surface area (Å²) in [5, 5.41) is 11.4. The van der Waals surface area contributed by atoms with Crippen LogP contribution < -0.4 is 20.2 Å². The highest BCUT2D eigenvalue weighted by Crippen LogP contribution is 2.38. The average molecular weight is 492 g/mol. The lowest BCUT2D eigenvalue weighted by Crippen LogP contribution is -2.41. The summed E-state index contributed by atoms with van der Waals surface area (Å²) in [5.74, 6) is 1.40. The number of nitrogens with one attached hydrogen (secondary N) is 2. The molecule has 0 aliphatic carbocycles. The number of rotatable bonds is 7. The molecule has 1 aromatic heterocycles. The highest BCUT2D eigenvalue weighted by Gasteiger charge is 2.38. The number of carbonyl (C=O) groups excluding carboxylic acids is 1. The zero-order valence-corrected chi connectivity index (χ0v) is 19.5. The number of benzene rings is 3. The van der Waals surface area contributed by atoms with Gasteiger partial charge in [-0.05, 0) is 54.1 Å². The molecule has 0 saturated heterocycles. The van der Waals surface area contributed by atoms with E-state index in [0.717, 1.165) is 11.3 Å². The zero-order chi connectivity index (χ0) is 24.2. The molecule has 0 fully saturated rings. The minimum absolute atomic E-state index is 0.201. The van der Waals surface area contributed by atoms with E-state index in [1.165, 1.54) is 36.0 Å². The maximum absolute atomic E-state index is 13.3. The van der Waals surface area contributed by atoms with Crippen LogP contribution in [0.2, 0.25) is 0 Å². The predicted molar refractivity (Wildman–Crippen MR) is 131 cm³/mol. The Morgan fingerprint density at radius 2 is 1.77 bits per heavy atom. The average Bonchev–Trinajstić information content (AvgIpc) is 3.30. The molecule has 1 aliphatic rings. The van der Waals surface area contributed by atoms with Crippen molar-refractivity contribution in [2.45, 2.75) is 23.1 Å². The summed E-state index contributed by atoms with van der Waals surface area (Å²) in [6, 6.07) is 22.2. The molecule has 3 aromatic carbocycles. The number of thioether (sulfide) groups is 1. The minimum atomic E-state index is -0.576. The van der Waals surface area contributed by atoms with E-state index in [2.05, 4.69) is 20.9 Å². The molecule has 2 N–H and O–H groups in total. The number of amides is 1. The maximum atomic E-state index is 13.3. The molecule has 5 rings (SSSR count). The summed E-state index contributed by atoms with van der Waals surface area (Å²) < 4.78 is 26.2. The second kappa shape index (κ2) is 10.1. The Morgan fingerprint density at radius 1 is 1.03 bits per heavy atom. The van der Waals surface area contributed by atoms with Crippen molar-refractivity contribution in [3.63, 3.8) is 0 Å². The second-order valence-corrected chi connectivity index (χ2v) is 8.86. The quantitative estimate of drug-likeness (QED) is 0.396. The number of carbonyl (C=O) groups is 1. The predicted octanol–water partition coefficient (Wildman–Crippen LogP) is 4.40. The molecule has 0 spiro atoms. The van der Waals surface area contributed by atoms with Gasteiger partial charge in [0.25, 0.3) is 0 Å². The molecule has 2 heterocycles. The Bertz CT molecular complexity index is 1300. The van der Waals surface area contributed by atoms with Gasteiger partial charge in [0.1, 0.15) is 29.2 Å². The van der Waals surface area contributed by atoms with Crippen molar-refractivity contribution in [1.82, 2.24) is 14.9 Å². The maximum Gasteiger partial charge on any atom is 0.240 e. The Kier molecular flexibility index (Phi) is 6.53. The van der Waals surface area contributed by atoms with Crippen LogP contribution in [0.25, 0.3) is 0 Å². The van der Waals surface area contributed by atoms with Crippen molar-refractivity contribution in [2.75, 3.05) is 17.9 Å². The third-order valence-electron chi connectivity index (χ3n) is 5.46. The number of halogens is 1. The van der Waals surface area contributed by atoms with E-state index in [1.54, 1.807) is 11.8 Å². The van der Waals surface area contributed by atoms with Crippen molar-refractivity contribution in [2.24, 2.45) is 0 Å². The van der Waals surface area contributed by atoms with Gasteiger partial charge >= 0.3 is 0 Å². The number of anilines is 1. The molecule has 0 saturated carbocycles. The summed E-state index contributed by atoms with van der Waals surface area (Å²) in [4.78, 5) is 13.3. The fraction of sp³-hybridized carbons (Fsp3) is 0.160. The van der Waals surface area contributed by atoms with Gasteiger partial charge in [0.2, 0.25) is 11.1 Å². The molecular formula is C25H22FN5O3S. The molecular weight excluding hydrogens is 469 g/mol. The van der Waals surface area contributed by atoms with E-state index in [4.69, 9.17) is 9.47 Å². The van der Waals surface area contributed by atoms with Crippen LogP contribution in [0.1, 0.15) is 17.4 Å². The Labute approximate surface area is 205 Å². The Morgan fingerprint density at radius 3 is 2.49 bits per heavy atom. The number of methoxy groups -OCH3 is 1. The summed E-state index contributed by atoms with van der Waals surface area (Å²) in [6.45, 7) is 0.201. The van der Waals surface area contributed by atoms with Crippen LogP contribution in [0.5, 0.6) is 11.5 Å². The number of fused-ring (bicyclic) bond motifs is 1. The highest BCUT2D eigenvalue weighted by molar-refractivity contribution is 8.00. The number of para-hydroxylation sites is 1. The van der Waals surface area contributed by atoms with Gasteiger partial charge in [0.05, 0.1) is 13.2 Å². The third kappa shape index (κ3) is 5.07. The number of hydrogen-bond acceptors (Lipinski definition) is 7. The summed E-state index contributed by atoms with van der Waals surface area (Å²) in [6.07, 6.45) is 0. The van der Waals surface area contributed by atoms with Crippen LogP contribution in [0.4, 0.5) is 10.1 Å². The Balaban J connectivity index is 1.41. The minimum Gasteiger partial charge on any atom is -0.497 e. The largest absolute Gasteiger partial charge is 0.497 e. The van der Waals surface area contributed by atoms with Gasteiger partial charge in [-0.1, -0.05) is 42.1 Å². The van der Waals surface area contributed by atoms with Gasteiger partial charge < -0.3 is 20.2 Å². The van der Waals surface area contributed by atoms with Crippen molar-refractivity contribution >= 4 is 23.4 Å². The van der Waals surface area contributed by atoms with Crippen LogP contribution in [0, 0.1) is 5.82 Å². The van der Waals surface area contributed by atoms with Gasteiger partial charge in [0.15, 0.2) is 5.82 Å². The van der Waals surface area contributed by atoms with E-state index in [1.807, 2.05) is 54.6 Å². The molecule has 8 nitrogen and oxygen atoms in total. The highest BCUT2D eigenvalue weighted by atomic mass is 32.2. The van der Waals surface area contributed by atoms with Gasteiger partial charge in [-0.3, -0.25) is 4.79 Å². The van der Waals surface area contributed by atoms with Crippen molar-refractivity contribution in [3.8, 4) is 11.5 Å². The first-order valence-corrected chi connectivity index (χ1v) is 11.7. The van der Waals surface area contributed by atoms with Crippen LogP contribution in [-0.2, 0) is 11.4 Å². The standard InChI is InChI=1S/C25H22FN5O3S/c1-33-19-13-7-16(8-14-19)22-23(24(32)27-18-11-9-17(26)10-12-18)35-25-29-28-21(31(25)30-22)15-34-20-5-3-2-4-6-20/h2-14,22-23,30H,15H2,1H3,(H,27,32)/t22-,23+/m1/s1. The van der Waals surface area contributed by atoms with Crippen LogP contribution in [0.15, 0.2) is 84.0 Å². The number of hydrogen-bond donors (Lipinski definition) is 2. The fourth-order valence-corrected chi connectivity index (χ4v) is 4.76. The smallest absolute Gasteiger partial charge is 0.240 e. The van der Waals surface area contributed by atoms with Gasteiger partial charge in [-0.15, -0.1) is 10.2 Å². The molecule has 1 aliphatic heterocycles. The topological polar surface area (TPSA) is 90.3 Å². The number of aromatic nitrogens is 3. The Hall–Kier alpha value is -4.05. The van der Waals surface area contributed by atoms with Gasteiger partial charge in [-0.2, -0.15) is 0 Å². The fourth-order valence-electron chi connectivity index (χ4n) is 3.66. The van der Waals surface area contributed by atoms with Crippen LogP contribution in [-0.4, -0.2) is 33.1 Å². The summed E-state index contributed by atoms with van der Waals surface area (Å²) in [5.41, 5.74) is 4.78. The molecule has 35 heavy (non-hydrogen) atoms. The van der Waals surface area contributed by atoms with E-state index < -0.39 is 11.3 Å². The molecule has 0 radical (unpaired) electrons. The number of nitrogens with zero attached hydrogens (tertiary/aromatic N) is 3. The van der Waals surface area contributed by atoms with Gasteiger partial charge in [0, 0.05) is 5.69 Å². The van der Waals surface area contributed by atoms with Crippen molar-refractivity contribution in [1.29, 1.82) is 0 Å². The lowest BCUT2D eigenvalue weighted by atomic mass is 10.0. The van der Waals surface area contributed by atoms with Crippen LogP contribution >= 0.6 is 11.8 Å². The van der Waals surface area contributed by atoms with Crippen molar-refractivity contribution < 1.29 is 18.7 Å².